The van der Waals surface area contributed by atoms with E-state index in [4.69, 9.17) is 5.73 Å². The Morgan fingerprint density at radius 3 is 2.00 bits per heavy atom. The molecule has 0 aliphatic rings. The van der Waals surface area contributed by atoms with Crippen molar-refractivity contribution < 1.29 is 17.1 Å². The van der Waals surface area contributed by atoms with Gasteiger partial charge in [-0.3, -0.25) is 0 Å². The monoisotopic (exact) mass is 120 g/mol. The molecule has 0 aromatic carbocycles. The summed E-state index contributed by atoms with van der Waals surface area (Å²) in [5, 5.41) is 0. The molecule has 2 N–H and O–H groups in total. The van der Waals surface area contributed by atoms with Gasteiger partial charge in [0, 0.05) is 23.6 Å². The van der Waals surface area contributed by atoms with Gasteiger partial charge in [-0.05, 0) is 0 Å². The normalized spacial score (nSPS) is 5.00. The van der Waals surface area contributed by atoms with E-state index in [0.29, 0.717) is 6.54 Å². The van der Waals surface area contributed by atoms with Crippen molar-refractivity contribution in [1.82, 2.24) is 0 Å². The van der Waals surface area contributed by atoms with Gasteiger partial charge in [0.25, 0.3) is 0 Å². The van der Waals surface area contributed by atoms with Gasteiger partial charge >= 0.3 is 0 Å². The van der Waals surface area contributed by atoms with Crippen molar-refractivity contribution in [2.45, 2.75) is 0 Å². The van der Waals surface area contributed by atoms with Crippen LogP contribution in [0.5, 0.6) is 0 Å². The Kier molecular flexibility index (Phi) is 15.9. The molecule has 0 aliphatic heterocycles. The minimum Gasteiger partial charge on any atom is -0.327 e. The van der Waals surface area contributed by atoms with E-state index >= 15 is 0 Å². The molecule has 0 saturated carbocycles. The van der Waals surface area contributed by atoms with Crippen molar-refractivity contribution in [2.75, 3.05) is 6.54 Å². The molecule has 0 spiro atoms. The van der Waals surface area contributed by atoms with Crippen molar-refractivity contribution in [3.05, 3.63) is 12.7 Å². The summed E-state index contributed by atoms with van der Waals surface area (Å²) in [4.78, 5) is 0. The molecule has 0 aliphatic carbocycles. The van der Waals surface area contributed by atoms with Crippen LogP contribution < -0.4 is 5.73 Å². The molecule has 0 rings (SSSR count). The second-order valence-electron chi connectivity index (χ2n) is 0.524. The minimum atomic E-state index is 0. The molecule has 2 heteroatoms. The zero-order chi connectivity index (χ0) is 3.41. The molecule has 0 unspecified atom stereocenters. The van der Waals surface area contributed by atoms with Gasteiger partial charge in [0.2, 0.25) is 0 Å². The summed E-state index contributed by atoms with van der Waals surface area (Å²) in [7, 11) is 0. The number of rotatable bonds is 1. The van der Waals surface area contributed by atoms with Crippen LogP contribution in [0.2, 0.25) is 0 Å². The van der Waals surface area contributed by atoms with Gasteiger partial charge in [-0.2, -0.15) is 0 Å². The quantitative estimate of drug-likeness (QED) is 0.387. The molecule has 0 heterocycles. The number of hydrogen-bond donors (Lipinski definition) is 1. The first kappa shape index (κ1) is 8.97. The maximum atomic E-state index is 4.91. The van der Waals surface area contributed by atoms with Crippen LogP contribution in [0.15, 0.2) is 12.7 Å². The Hall–Kier alpha value is 0.219. The molecule has 0 fully saturated rings. The fourth-order valence-electron chi connectivity index (χ4n) is 0. The number of hydrogen-bond acceptors (Lipinski definition) is 1. The first-order valence-electron chi connectivity index (χ1n) is 1.22. The standard InChI is InChI=1S/C3H7N.Cu/c1-2-3-4;/h2H,1,3-4H2;. The molecule has 0 saturated heterocycles. The maximum absolute atomic E-state index is 4.91. The van der Waals surface area contributed by atoms with Gasteiger partial charge in [0.15, 0.2) is 0 Å². The summed E-state index contributed by atoms with van der Waals surface area (Å²) < 4.78 is 0. The molecule has 0 amide bonds. The van der Waals surface area contributed by atoms with Crippen LogP contribution in [0.25, 0.3) is 0 Å². The molecule has 0 atom stereocenters. The Balaban J connectivity index is 0. The first-order chi connectivity index (χ1) is 1.91. The molecule has 5 heavy (non-hydrogen) atoms. The molecular weight excluding hydrogens is 114 g/mol. The maximum Gasteiger partial charge on any atom is 0.0104 e. The minimum absolute atomic E-state index is 0. The second kappa shape index (κ2) is 8.88. The van der Waals surface area contributed by atoms with Crippen LogP contribution in [0, 0.1) is 0 Å². The van der Waals surface area contributed by atoms with E-state index in [1.54, 1.807) is 6.08 Å². The van der Waals surface area contributed by atoms with Crippen molar-refractivity contribution >= 4 is 0 Å². The van der Waals surface area contributed by atoms with Crippen LogP contribution >= 0.6 is 0 Å². The van der Waals surface area contributed by atoms with Crippen molar-refractivity contribution in [3.63, 3.8) is 0 Å². The van der Waals surface area contributed by atoms with Crippen LogP contribution in [0.1, 0.15) is 0 Å². The van der Waals surface area contributed by atoms with Gasteiger partial charge in [0.05, 0.1) is 0 Å². The molecular formula is C3H7CuN. The summed E-state index contributed by atoms with van der Waals surface area (Å²) in [6, 6.07) is 0. The van der Waals surface area contributed by atoms with E-state index in [1.807, 2.05) is 0 Å². The summed E-state index contributed by atoms with van der Waals surface area (Å²) in [5.74, 6) is 0. The molecule has 35 valence electrons. The Bertz CT molecular complexity index is 20.9. The topological polar surface area (TPSA) is 26.0 Å². The average Bonchev–Trinajstić information content (AvgIpc) is 1.37. The third-order valence-corrected chi connectivity index (χ3v) is 0.167. The SMILES string of the molecule is C=CCN.[Cu]. The van der Waals surface area contributed by atoms with E-state index in [9.17, 15) is 0 Å². The summed E-state index contributed by atoms with van der Waals surface area (Å²) in [6.07, 6.45) is 1.65. The Morgan fingerprint density at radius 2 is 2.00 bits per heavy atom. The summed E-state index contributed by atoms with van der Waals surface area (Å²) >= 11 is 0. The van der Waals surface area contributed by atoms with Gasteiger partial charge in [-0.1, -0.05) is 6.08 Å². The van der Waals surface area contributed by atoms with E-state index in [0.717, 1.165) is 0 Å². The predicted molar refractivity (Wildman–Crippen MR) is 19.3 cm³/mol. The Labute approximate surface area is 42.7 Å². The summed E-state index contributed by atoms with van der Waals surface area (Å²) in [6.45, 7) is 3.94. The van der Waals surface area contributed by atoms with Crippen LogP contribution in [-0.4, -0.2) is 6.54 Å². The third-order valence-electron chi connectivity index (χ3n) is 0.167. The van der Waals surface area contributed by atoms with Crippen LogP contribution in [-0.2, 0) is 17.1 Å². The zero-order valence-corrected chi connectivity index (χ0v) is 3.81. The smallest absolute Gasteiger partial charge is 0.0104 e. The van der Waals surface area contributed by atoms with Gasteiger partial charge in [0.1, 0.15) is 0 Å². The molecule has 1 nitrogen and oxygen atoms in total. The van der Waals surface area contributed by atoms with E-state index < -0.39 is 0 Å². The van der Waals surface area contributed by atoms with E-state index in [-0.39, 0.29) is 17.1 Å². The third kappa shape index (κ3) is 14.0. The van der Waals surface area contributed by atoms with E-state index in [1.165, 1.54) is 0 Å². The number of nitrogens with two attached hydrogens (primary N) is 1. The molecule has 0 bridgehead atoms. The summed E-state index contributed by atoms with van der Waals surface area (Å²) in [5.41, 5.74) is 4.91. The first-order valence-corrected chi connectivity index (χ1v) is 1.22. The fourth-order valence-corrected chi connectivity index (χ4v) is 0. The fraction of sp³-hybridized carbons (Fsp3) is 0.333. The second-order valence-corrected chi connectivity index (χ2v) is 0.524. The molecule has 1 radical (unpaired) electrons. The van der Waals surface area contributed by atoms with Crippen LogP contribution in [0.3, 0.4) is 0 Å². The Morgan fingerprint density at radius 1 is 1.80 bits per heavy atom. The zero-order valence-electron chi connectivity index (χ0n) is 2.87. The van der Waals surface area contributed by atoms with Crippen molar-refractivity contribution in [2.24, 2.45) is 5.73 Å². The van der Waals surface area contributed by atoms with Gasteiger partial charge in [-0.15, -0.1) is 6.58 Å². The van der Waals surface area contributed by atoms with Crippen molar-refractivity contribution in [1.29, 1.82) is 0 Å². The molecule has 0 aromatic heterocycles. The predicted octanol–water partition coefficient (Wildman–Crippen LogP) is 0.129. The van der Waals surface area contributed by atoms with Crippen molar-refractivity contribution in [3.8, 4) is 0 Å². The van der Waals surface area contributed by atoms with Gasteiger partial charge < -0.3 is 5.73 Å². The average molecular weight is 121 g/mol. The molecule has 0 aromatic rings. The largest absolute Gasteiger partial charge is 0.327 e. The van der Waals surface area contributed by atoms with Crippen LogP contribution in [0.4, 0.5) is 0 Å². The van der Waals surface area contributed by atoms with Gasteiger partial charge in [-0.25, -0.2) is 0 Å². The van der Waals surface area contributed by atoms with E-state index in [2.05, 4.69) is 6.58 Å².